The zero-order valence-electron chi connectivity index (χ0n) is 7.71. The van der Waals surface area contributed by atoms with E-state index in [9.17, 15) is 0 Å². The Morgan fingerprint density at radius 1 is 1.33 bits per heavy atom. The Morgan fingerprint density at radius 3 is 2.50 bits per heavy atom. The highest BCUT2D eigenvalue weighted by atomic mass is 15.3. The lowest BCUT2D eigenvalue weighted by atomic mass is 10.4. The lowest BCUT2D eigenvalue weighted by Crippen LogP contribution is -2.40. The molecule has 0 unspecified atom stereocenters. The van der Waals surface area contributed by atoms with Crippen LogP contribution in [0.3, 0.4) is 0 Å². The van der Waals surface area contributed by atoms with Crippen molar-refractivity contribution in [2.45, 2.75) is 31.7 Å². The van der Waals surface area contributed by atoms with Crippen LogP contribution in [0, 0.1) is 0 Å². The molecule has 0 bridgehead atoms. The topological polar surface area (TPSA) is 27.6 Å². The highest BCUT2D eigenvalue weighted by molar-refractivity contribution is 5.80. The molecule has 3 nitrogen and oxygen atoms in total. The van der Waals surface area contributed by atoms with E-state index in [4.69, 9.17) is 0 Å². The van der Waals surface area contributed by atoms with Crippen molar-refractivity contribution < 1.29 is 0 Å². The minimum Gasteiger partial charge on any atom is -0.354 e. The van der Waals surface area contributed by atoms with E-state index >= 15 is 0 Å². The molecule has 2 fully saturated rings. The third-order valence-electron chi connectivity index (χ3n) is 2.53. The fourth-order valence-corrected chi connectivity index (χ4v) is 1.64. The zero-order chi connectivity index (χ0) is 8.39. The van der Waals surface area contributed by atoms with Gasteiger partial charge >= 0.3 is 0 Å². The molecule has 2 aliphatic rings. The van der Waals surface area contributed by atoms with Crippen molar-refractivity contribution in [3.05, 3.63) is 0 Å². The van der Waals surface area contributed by atoms with E-state index in [0.29, 0.717) is 0 Å². The molecule has 1 saturated heterocycles. The van der Waals surface area contributed by atoms with Gasteiger partial charge in [0.15, 0.2) is 5.96 Å². The highest BCUT2D eigenvalue weighted by Gasteiger charge is 2.25. The SMILES string of the molecule is CN=C(NC1CC1)N1CCCC1. The Balaban J connectivity index is 1.87. The third-order valence-corrected chi connectivity index (χ3v) is 2.53. The van der Waals surface area contributed by atoms with Gasteiger partial charge in [0, 0.05) is 26.2 Å². The smallest absolute Gasteiger partial charge is 0.193 e. The maximum absolute atomic E-state index is 4.28. The van der Waals surface area contributed by atoms with E-state index in [-0.39, 0.29) is 0 Å². The molecule has 0 aromatic rings. The van der Waals surface area contributed by atoms with Crippen molar-refractivity contribution in [1.29, 1.82) is 0 Å². The largest absolute Gasteiger partial charge is 0.354 e. The normalized spacial score (nSPS) is 24.8. The van der Waals surface area contributed by atoms with Crippen LogP contribution in [0.1, 0.15) is 25.7 Å². The highest BCUT2D eigenvalue weighted by Crippen LogP contribution is 2.19. The van der Waals surface area contributed by atoms with Gasteiger partial charge in [-0.2, -0.15) is 0 Å². The molecular weight excluding hydrogens is 150 g/mol. The zero-order valence-corrected chi connectivity index (χ0v) is 7.71. The Morgan fingerprint density at radius 2 is 2.00 bits per heavy atom. The molecular formula is C9H17N3. The number of nitrogens with zero attached hydrogens (tertiary/aromatic N) is 2. The lowest BCUT2D eigenvalue weighted by Gasteiger charge is -2.20. The van der Waals surface area contributed by atoms with Crippen LogP contribution in [0.2, 0.25) is 0 Å². The van der Waals surface area contributed by atoms with Crippen LogP contribution in [0.25, 0.3) is 0 Å². The van der Waals surface area contributed by atoms with E-state index in [1.54, 1.807) is 0 Å². The number of likely N-dealkylation sites (tertiary alicyclic amines) is 1. The van der Waals surface area contributed by atoms with Gasteiger partial charge in [0.25, 0.3) is 0 Å². The van der Waals surface area contributed by atoms with Crippen LogP contribution in [0.15, 0.2) is 4.99 Å². The lowest BCUT2D eigenvalue weighted by molar-refractivity contribution is 0.493. The first kappa shape index (κ1) is 7.90. The second-order valence-electron chi connectivity index (χ2n) is 3.66. The molecule has 0 aromatic carbocycles. The Hall–Kier alpha value is -0.730. The summed E-state index contributed by atoms with van der Waals surface area (Å²) < 4.78 is 0. The first-order valence-corrected chi connectivity index (χ1v) is 4.88. The monoisotopic (exact) mass is 167 g/mol. The Kier molecular flexibility index (Phi) is 2.19. The standard InChI is InChI=1S/C9H17N3/c1-10-9(11-8-4-5-8)12-6-2-3-7-12/h8H,2-7H2,1H3,(H,10,11). The summed E-state index contributed by atoms with van der Waals surface area (Å²) >= 11 is 0. The van der Waals surface area contributed by atoms with Crippen molar-refractivity contribution in [3.8, 4) is 0 Å². The van der Waals surface area contributed by atoms with Crippen LogP contribution in [0.5, 0.6) is 0 Å². The molecule has 2 rings (SSSR count). The van der Waals surface area contributed by atoms with Crippen molar-refractivity contribution in [2.24, 2.45) is 4.99 Å². The molecule has 1 N–H and O–H groups in total. The van der Waals surface area contributed by atoms with Crippen molar-refractivity contribution >= 4 is 5.96 Å². The summed E-state index contributed by atoms with van der Waals surface area (Å²) in [5.74, 6) is 1.12. The van der Waals surface area contributed by atoms with E-state index < -0.39 is 0 Å². The van der Waals surface area contributed by atoms with Crippen LogP contribution < -0.4 is 5.32 Å². The molecule has 0 radical (unpaired) electrons. The summed E-state index contributed by atoms with van der Waals surface area (Å²) in [6, 6.07) is 0.726. The van der Waals surface area contributed by atoms with Gasteiger partial charge in [-0.05, 0) is 25.7 Å². The molecule has 0 atom stereocenters. The van der Waals surface area contributed by atoms with Gasteiger partial charge in [-0.1, -0.05) is 0 Å². The van der Waals surface area contributed by atoms with Gasteiger partial charge < -0.3 is 10.2 Å². The van der Waals surface area contributed by atoms with Crippen LogP contribution in [-0.2, 0) is 0 Å². The van der Waals surface area contributed by atoms with Gasteiger partial charge in [-0.3, -0.25) is 4.99 Å². The van der Waals surface area contributed by atoms with Gasteiger partial charge in [0.1, 0.15) is 0 Å². The maximum atomic E-state index is 4.28. The van der Waals surface area contributed by atoms with Crippen molar-refractivity contribution in [3.63, 3.8) is 0 Å². The minimum absolute atomic E-state index is 0.726. The molecule has 0 amide bonds. The van der Waals surface area contributed by atoms with E-state index in [1.807, 2.05) is 7.05 Å². The summed E-state index contributed by atoms with van der Waals surface area (Å²) in [5, 5.41) is 3.46. The second kappa shape index (κ2) is 3.33. The fraction of sp³-hybridized carbons (Fsp3) is 0.889. The summed E-state index contributed by atoms with van der Waals surface area (Å²) in [4.78, 5) is 6.64. The van der Waals surface area contributed by atoms with E-state index in [2.05, 4.69) is 15.2 Å². The second-order valence-corrected chi connectivity index (χ2v) is 3.66. The first-order chi connectivity index (χ1) is 5.90. The first-order valence-electron chi connectivity index (χ1n) is 4.88. The molecule has 0 aromatic heterocycles. The van der Waals surface area contributed by atoms with Gasteiger partial charge in [0.2, 0.25) is 0 Å². The molecule has 68 valence electrons. The molecule has 0 spiro atoms. The predicted molar refractivity (Wildman–Crippen MR) is 50.3 cm³/mol. The summed E-state index contributed by atoms with van der Waals surface area (Å²) in [7, 11) is 1.88. The quantitative estimate of drug-likeness (QED) is 0.462. The summed E-state index contributed by atoms with van der Waals surface area (Å²) in [6.45, 7) is 2.37. The van der Waals surface area contributed by atoms with Gasteiger partial charge in [-0.15, -0.1) is 0 Å². The van der Waals surface area contributed by atoms with Crippen LogP contribution >= 0.6 is 0 Å². The predicted octanol–water partition coefficient (Wildman–Crippen LogP) is 0.820. The van der Waals surface area contributed by atoms with Crippen LogP contribution in [0.4, 0.5) is 0 Å². The minimum atomic E-state index is 0.726. The number of hydrogen-bond donors (Lipinski definition) is 1. The summed E-state index contributed by atoms with van der Waals surface area (Å²) in [5.41, 5.74) is 0. The molecule has 3 heteroatoms. The average Bonchev–Trinajstić information content (AvgIpc) is 2.74. The number of guanidine groups is 1. The fourth-order valence-electron chi connectivity index (χ4n) is 1.64. The molecule has 1 aliphatic carbocycles. The summed E-state index contributed by atoms with van der Waals surface area (Å²) in [6.07, 6.45) is 5.30. The third kappa shape index (κ3) is 1.71. The molecule has 1 aliphatic heterocycles. The van der Waals surface area contributed by atoms with Gasteiger partial charge in [-0.25, -0.2) is 0 Å². The van der Waals surface area contributed by atoms with Gasteiger partial charge in [0.05, 0.1) is 0 Å². The number of nitrogens with one attached hydrogen (secondary N) is 1. The molecule has 12 heavy (non-hydrogen) atoms. The number of aliphatic imine (C=N–C) groups is 1. The maximum Gasteiger partial charge on any atom is 0.193 e. The number of rotatable bonds is 1. The van der Waals surface area contributed by atoms with Crippen molar-refractivity contribution in [2.75, 3.05) is 20.1 Å². The molecule has 1 heterocycles. The van der Waals surface area contributed by atoms with E-state index in [1.165, 1.54) is 38.8 Å². The number of hydrogen-bond acceptors (Lipinski definition) is 1. The van der Waals surface area contributed by atoms with Crippen molar-refractivity contribution in [1.82, 2.24) is 10.2 Å². The Bertz CT molecular complexity index is 178. The van der Waals surface area contributed by atoms with Crippen LogP contribution in [-0.4, -0.2) is 37.0 Å². The Labute approximate surface area is 73.9 Å². The average molecular weight is 167 g/mol. The molecule has 1 saturated carbocycles. The van der Waals surface area contributed by atoms with E-state index in [0.717, 1.165) is 12.0 Å².